The molecule has 1 atom stereocenters. The van der Waals surface area contributed by atoms with Crippen molar-refractivity contribution in [3.8, 4) is 0 Å². The quantitative estimate of drug-likeness (QED) is 0.395. The first kappa shape index (κ1) is 6.37. The van der Waals surface area contributed by atoms with Crippen molar-refractivity contribution >= 4 is 6.29 Å². The molecule has 0 amide bonds. The highest BCUT2D eigenvalue weighted by Crippen LogP contribution is 1.96. The Morgan fingerprint density at radius 1 is 1.86 bits per heavy atom. The second-order valence-corrected chi connectivity index (χ2v) is 1.55. The van der Waals surface area contributed by atoms with E-state index in [1.165, 1.54) is 13.0 Å². The molecule has 1 N–H and O–H groups in total. The maximum atomic E-state index is 9.74. The number of aliphatic hydroxyl groups is 1. The van der Waals surface area contributed by atoms with E-state index < -0.39 is 5.60 Å². The largest absolute Gasteiger partial charge is 0.379 e. The normalized spacial score (nSPS) is 17.4. The minimum absolute atomic E-state index is 0.431. The van der Waals surface area contributed by atoms with Crippen LogP contribution in [-0.2, 0) is 4.79 Å². The van der Waals surface area contributed by atoms with Crippen LogP contribution in [0.2, 0.25) is 0 Å². The summed E-state index contributed by atoms with van der Waals surface area (Å²) in [7, 11) is 0. The fourth-order valence-corrected chi connectivity index (χ4v) is 0.0481. The minimum Gasteiger partial charge on any atom is -0.379 e. The standard InChI is InChI=1S/C5H8O2/c1-3-5(2,7)4-6/h3-4,7H,1H2,2H3/t5-/m1/s1. The van der Waals surface area contributed by atoms with Gasteiger partial charge in [-0.1, -0.05) is 12.7 Å². The molecule has 0 unspecified atom stereocenters. The van der Waals surface area contributed by atoms with E-state index in [9.17, 15) is 4.79 Å². The first-order chi connectivity index (χ1) is 3.12. The summed E-state index contributed by atoms with van der Waals surface area (Å²) in [6.07, 6.45) is 1.61. The lowest BCUT2D eigenvalue weighted by Crippen LogP contribution is -2.21. The summed E-state index contributed by atoms with van der Waals surface area (Å²) < 4.78 is 0. The maximum Gasteiger partial charge on any atom is 0.155 e. The molecule has 0 bridgehead atoms. The van der Waals surface area contributed by atoms with E-state index in [0.29, 0.717) is 6.29 Å². The molecule has 0 aromatic rings. The van der Waals surface area contributed by atoms with Crippen LogP contribution in [0.1, 0.15) is 6.92 Å². The highest BCUT2D eigenvalue weighted by atomic mass is 16.3. The van der Waals surface area contributed by atoms with Crippen LogP contribution in [0.15, 0.2) is 12.7 Å². The molecule has 0 saturated carbocycles. The monoisotopic (exact) mass is 100 g/mol. The van der Waals surface area contributed by atoms with Crippen molar-refractivity contribution in [1.82, 2.24) is 0 Å². The molecule has 2 heteroatoms. The Kier molecular flexibility index (Phi) is 1.72. The van der Waals surface area contributed by atoms with Crippen LogP contribution in [0.5, 0.6) is 0 Å². The molecule has 0 aliphatic rings. The second-order valence-electron chi connectivity index (χ2n) is 1.55. The van der Waals surface area contributed by atoms with E-state index >= 15 is 0 Å². The van der Waals surface area contributed by atoms with E-state index in [1.807, 2.05) is 0 Å². The van der Waals surface area contributed by atoms with Crippen LogP contribution in [-0.4, -0.2) is 17.0 Å². The van der Waals surface area contributed by atoms with E-state index in [0.717, 1.165) is 0 Å². The van der Waals surface area contributed by atoms with Crippen LogP contribution in [0.4, 0.5) is 0 Å². The maximum absolute atomic E-state index is 9.74. The first-order valence-corrected chi connectivity index (χ1v) is 1.94. The molecule has 0 radical (unpaired) electrons. The van der Waals surface area contributed by atoms with Gasteiger partial charge in [-0.25, -0.2) is 0 Å². The highest BCUT2D eigenvalue weighted by molar-refractivity contribution is 5.64. The summed E-state index contributed by atoms with van der Waals surface area (Å²) in [6, 6.07) is 0. The van der Waals surface area contributed by atoms with Crippen molar-refractivity contribution in [1.29, 1.82) is 0 Å². The fourth-order valence-electron chi connectivity index (χ4n) is 0.0481. The SMILES string of the molecule is C=C[C@@](C)(O)C=O. The van der Waals surface area contributed by atoms with Gasteiger partial charge in [-0.3, -0.25) is 4.79 Å². The van der Waals surface area contributed by atoms with Gasteiger partial charge in [-0.15, -0.1) is 0 Å². The summed E-state index contributed by atoms with van der Waals surface area (Å²) in [5.41, 5.74) is -1.33. The third-order valence-electron chi connectivity index (χ3n) is 0.652. The number of hydrogen-bond acceptors (Lipinski definition) is 2. The molecular weight excluding hydrogens is 92.1 g/mol. The van der Waals surface area contributed by atoms with E-state index in [-0.39, 0.29) is 0 Å². The Balaban J connectivity index is 3.82. The molecular formula is C5H8O2. The van der Waals surface area contributed by atoms with Crippen molar-refractivity contribution < 1.29 is 9.90 Å². The van der Waals surface area contributed by atoms with Crippen molar-refractivity contribution in [3.05, 3.63) is 12.7 Å². The van der Waals surface area contributed by atoms with Crippen LogP contribution in [0.3, 0.4) is 0 Å². The van der Waals surface area contributed by atoms with Crippen molar-refractivity contribution in [2.45, 2.75) is 12.5 Å². The van der Waals surface area contributed by atoms with Crippen molar-refractivity contribution in [3.63, 3.8) is 0 Å². The lowest BCUT2D eigenvalue weighted by molar-refractivity contribution is -0.118. The van der Waals surface area contributed by atoms with Crippen LogP contribution < -0.4 is 0 Å². The molecule has 0 aromatic heterocycles. The zero-order valence-corrected chi connectivity index (χ0v) is 4.22. The molecule has 7 heavy (non-hydrogen) atoms. The topological polar surface area (TPSA) is 37.3 Å². The lowest BCUT2D eigenvalue weighted by atomic mass is 10.1. The van der Waals surface area contributed by atoms with Gasteiger partial charge in [0.25, 0.3) is 0 Å². The smallest absolute Gasteiger partial charge is 0.155 e. The lowest BCUT2D eigenvalue weighted by Gasteiger charge is -2.05. The van der Waals surface area contributed by atoms with Gasteiger partial charge in [0.15, 0.2) is 6.29 Å². The average Bonchev–Trinajstić information content (AvgIpc) is 1.68. The van der Waals surface area contributed by atoms with Crippen molar-refractivity contribution in [2.75, 3.05) is 0 Å². The molecule has 0 aliphatic carbocycles. The van der Waals surface area contributed by atoms with Gasteiger partial charge < -0.3 is 5.11 Å². The Labute approximate surface area is 42.5 Å². The van der Waals surface area contributed by atoms with Gasteiger partial charge in [0.05, 0.1) is 0 Å². The summed E-state index contributed by atoms with van der Waals surface area (Å²) >= 11 is 0. The third kappa shape index (κ3) is 2.11. The van der Waals surface area contributed by atoms with Gasteiger partial charge in [0.1, 0.15) is 5.60 Å². The molecule has 0 fully saturated rings. The Morgan fingerprint density at radius 3 is 2.29 bits per heavy atom. The fraction of sp³-hybridized carbons (Fsp3) is 0.400. The van der Waals surface area contributed by atoms with Gasteiger partial charge in [-0.2, -0.15) is 0 Å². The summed E-state index contributed by atoms with van der Waals surface area (Å²) in [6.45, 7) is 4.59. The van der Waals surface area contributed by atoms with Crippen LogP contribution in [0.25, 0.3) is 0 Å². The summed E-state index contributed by atoms with van der Waals surface area (Å²) in [4.78, 5) is 9.74. The Morgan fingerprint density at radius 2 is 2.29 bits per heavy atom. The third-order valence-corrected chi connectivity index (χ3v) is 0.652. The van der Waals surface area contributed by atoms with Crippen molar-refractivity contribution in [2.24, 2.45) is 0 Å². The molecule has 0 aliphatic heterocycles. The van der Waals surface area contributed by atoms with E-state index in [1.54, 1.807) is 0 Å². The zero-order valence-electron chi connectivity index (χ0n) is 4.22. The van der Waals surface area contributed by atoms with Gasteiger partial charge >= 0.3 is 0 Å². The number of hydrogen-bond donors (Lipinski definition) is 1. The van der Waals surface area contributed by atoms with Crippen LogP contribution in [0, 0.1) is 0 Å². The molecule has 0 rings (SSSR count). The molecule has 0 saturated heterocycles. The minimum atomic E-state index is -1.33. The second kappa shape index (κ2) is 1.89. The molecule has 0 spiro atoms. The number of rotatable bonds is 2. The van der Waals surface area contributed by atoms with Crippen LogP contribution >= 0.6 is 0 Å². The van der Waals surface area contributed by atoms with E-state index in [4.69, 9.17) is 5.11 Å². The highest BCUT2D eigenvalue weighted by Gasteiger charge is 2.10. The number of carbonyl (C=O) groups is 1. The van der Waals surface area contributed by atoms with Gasteiger partial charge in [0.2, 0.25) is 0 Å². The summed E-state index contributed by atoms with van der Waals surface area (Å²) in [5, 5.41) is 8.65. The van der Waals surface area contributed by atoms with E-state index in [2.05, 4.69) is 6.58 Å². The molecule has 0 aromatic carbocycles. The molecule has 2 nitrogen and oxygen atoms in total. The number of carbonyl (C=O) groups excluding carboxylic acids is 1. The predicted molar refractivity (Wildman–Crippen MR) is 26.9 cm³/mol. The predicted octanol–water partition coefficient (Wildman–Crippen LogP) is 0.122. The number of aldehydes is 1. The molecule has 0 heterocycles. The Bertz CT molecular complexity index is 74.1. The first-order valence-electron chi connectivity index (χ1n) is 1.94. The average molecular weight is 100 g/mol. The summed E-state index contributed by atoms with van der Waals surface area (Å²) in [5.74, 6) is 0. The Hall–Kier alpha value is -0.630. The zero-order chi connectivity index (χ0) is 5.91. The molecule has 40 valence electrons. The van der Waals surface area contributed by atoms with Gasteiger partial charge in [-0.05, 0) is 6.92 Å². The van der Waals surface area contributed by atoms with Gasteiger partial charge in [0, 0.05) is 0 Å².